The third kappa shape index (κ3) is 48.1. The van der Waals surface area contributed by atoms with Crippen LogP contribution < -0.4 is 5.73 Å². The fourth-order valence-electron chi connectivity index (χ4n) is 7.74. The molecule has 0 rings (SSSR count). The maximum absolute atomic E-state index is 12.6. The Hall–Kier alpha value is -1.25. The molecule has 362 valence electrons. The number of hydrogen-bond acceptors (Lipinski definition) is 8. The highest BCUT2D eigenvalue weighted by atomic mass is 31.2. The first kappa shape index (κ1) is 59.8. The van der Waals surface area contributed by atoms with Gasteiger partial charge < -0.3 is 20.1 Å². The molecule has 0 fully saturated rings. The number of allylic oxidation sites excluding steroid dienone is 2. The monoisotopic (exact) mass is 886 g/mol. The number of hydrogen-bond donors (Lipinski definition) is 2. The second-order valence-electron chi connectivity index (χ2n) is 17.8. The van der Waals surface area contributed by atoms with Crippen LogP contribution in [0.5, 0.6) is 0 Å². The van der Waals surface area contributed by atoms with Crippen LogP contribution in [-0.2, 0) is 32.7 Å². The van der Waals surface area contributed by atoms with Crippen molar-refractivity contribution in [3.05, 3.63) is 12.2 Å². The van der Waals surface area contributed by atoms with E-state index in [2.05, 4.69) is 26.0 Å². The van der Waals surface area contributed by atoms with Crippen LogP contribution in [0.1, 0.15) is 271 Å². The summed E-state index contributed by atoms with van der Waals surface area (Å²) in [5.74, 6) is -0.826. The summed E-state index contributed by atoms with van der Waals surface area (Å²) >= 11 is 0. The first-order chi connectivity index (χ1) is 29.8. The Morgan fingerprint density at radius 2 is 0.820 bits per heavy atom. The van der Waals surface area contributed by atoms with Gasteiger partial charge in [0.1, 0.15) is 6.61 Å². The fraction of sp³-hybridized carbons (Fsp3) is 0.922. The van der Waals surface area contributed by atoms with Crippen LogP contribution in [0.25, 0.3) is 0 Å². The first-order valence-electron chi connectivity index (χ1n) is 26.2. The average molecular weight is 886 g/mol. The fourth-order valence-corrected chi connectivity index (χ4v) is 8.50. The lowest BCUT2D eigenvalue weighted by molar-refractivity contribution is -0.161. The predicted molar refractivity (Wildman–Crippen MR) is 257 cm³/mol. The highest BCUT2D eigenvalue weighted by molar-refractivity contribution is 7.47. The molecule has 2 unspecified atom stereocenters. The minimum Gasteiger partial charge on any atom is -0.462 e. The van der Waals surface area contributed by atoms with Crippen molar-refractivity contribution in [1.82, 2.24) is 0 Å². The summed E-state index contributed by atoms with van der Waals surface area (Å²) < 4.78 is 32.8. The highest BCUT2D eigenvalue weighted by Gasteiger charge is 2.26. The lowest BCUT2D eigenvalue weighted by Gasteiger charge is -2.19. The van der Waals surface area contributed by atoms with Gasteiger partial charge in [-0.1, -0.05) is 238 Å². The van der Waals surface area contributed by atoms with Gasteiger partial charge in [0.05, 0.1) is 13.2 Å². The number of rotatable bonds is 50. The summed E-state index contributed by atoms with van der Waals surface area (Å²) in [7, 11) is -4.37. The van der Waals surface area contributed by atoms with Gasteiger partial charge in [0.25, 0.3) is 0 Å². The normalized spacial score (nSPS) is 13.2. The van der Waals surface area contributed by atoms with E-state index in [0.717, 1.165) is 57.8 Å². The second-order valence-corrected chi connectivity index (χ2v) is 19.2. The largest absolute Gasteiger partial charge is 0.472 e. The van der Waals surface area contributed by atoms with E-state index in [1.165, 1.54) is 180 Å². The van der Waals surface area contributed by atoms with E-state index < -0.39 is 26.5 Å². The van der Waals surface area contributed by atoms with Gasteiger partial charge in [0.15, 0.2) is 6.10 Å². The van der Waals surface area contributed by atoms with Gasteiger partial charge in [-0.25, -0.2) is 4.57 Å². The molecule has 0 aromatic heterocycles. The molecule has 10 heteroatoms. The Balaban J connectivity index is 3.82. The van der Waals surface area contributed by atoms with E-state index in [9.17, 15) is 19.0 Å². The molecule has 3 N–H and O–H groups in total. The molecule has 0 aliphatic rings. The van der Waals surface area contributed by atoms with Gasteiger partial charge in [-0.15, -0.1) is 0 Å². The van der Waals surface area contributed by atoms with Crippen molar-refractivity contribution in [3.8, 4) is 0 Å². The number of phosphoric ester groups is 1. The molecule has 0 radical (unpaired) electrons. The summed E-state index contributed by atoms with van der Waals surface area (Å²) in [6, 6.07) is 0. The molecular formula is C51H100NO8P. The molecule has 0 heterocycles. The minimum atomic E-state index is -4.37. The highest BCUT2D eigenvalue weighted by Crippen LogP contribution is 2.43. The van der Waals surface area contributed by atoms with E-state index in [-0.39, 0.29) is 38.6 Å². The van der Waals surface area contributed by atoms with Crippen LogP contribution in [-0.4, -0.2) is 49.3 Å². The quantitative estimate of drug-likeness (QED) is 0.0265. The Morgan fingerprint density at radius 3 is 1.21 bits per heavy atom. The van der Waals surface area contributed by atoms with Crippen molar-refractivity contribution in [1.29, 1.82) is 0 Å². The molecule has 0 aromatic rings. The number of ether oxygens (including phenoxy) is 2. The van der Waals surface area contributed by atoms with Crippen LogP contribution in [0.15, 0.2) is 12.2 Å². The van der Waals surface area contributed by atoms with Crippen molar-refractivity contribution in [2.45, 2.75) is 277 Å². The van der Waals surface area contributed by atoms with E-state index in [0.29, 0.717) is 6.42 Å². The Labute approximate surface area is 377 Å². The zero-order valence-electron chi connectivity index (χ0n) is 40.2. The van der Waals surface area contributed by atoms with Gasteiger partial charge in [-0.05, 0) is 32.1 Å². The van der Waals surface area contributed by atoms with Crippen molar-refractivity contribution in [2.24, 2.45) is 5.73 Å². The van der Waals surface area contributed by atoms with Crippen LogP contribution in [0.4, 0.5) is 0 Å². The number of carbonyl (C=O) groups is 2. The van der Waals surface area contributed by atoms with E-state index in [1.807, 2.05) is 0 Å². The van der Waals surface area contributed by atoms with Crippen molar-refractivity contribution in [3.63, 3.8) is 0 Å². The van der Waals surface area contributed by atoms with Crippen molar-refractivity contribution in [2.75, 3.05) is 26.4 Å². The number of phosphoric acid groups is 1. The summed E-state index contributed by atoms with van der Waals surface area (Å²) in [4.78, 5) is 34.9. The number of unbranched alkanes of at least 4 members (excludes halogenated alkanes) is 35. The first-order valence-corrected chi connectivity index (χ1v) is 27.7. The van der Waals surface area contributed by atoms with Crippen LogP contribution in [0.2, 0.25) is 0 Å². The van der Waals surface area contributed by atoms with Crippen LogP contribution in [0, 0.1) is 0 Å². The zero-order chi connectivity index (χ0) is 44.6. The summed E-state index contributed by atoms with van der Waals surface area (Å²) in [6.07, 6.45) is 52.9. The van der Waals surface area contributed by atoms with Crippen molar-refractivity contribution >= 4 is 19.8 Å². The topological polar surface area (TPSA) is 134 Å². The third-order valence-corrected chi connectivity index (χ3v) is 12.6. The molecule has 2 atom stereocenters. The average Bonchev–Trinajstić information content (AvgIpc) is 3.25. The predicted octanol–water partition coefficient (Wildman–Crippen LogP) is 15.7. The second kappa shape index (κ2) is 48.2. The van der Waals surface area contributed by atoms with Crippen LogP contribution in [0.3, 0.4) is 0 Å². The standard InChI is InChI=1S/C51H100NO8P/c1-3-5-7-9-11-13-15-16-17-18-19-20-21-22-23-24-25-26-27-28-29-30-31-32-34-35-37-39-41-43-50(53)57-47-49(48-59-61(55,56)58-46-45-52)60-51(54)44-42-40-38-36-33-14-12-10-8-6-4-2/h10,12,49H,3-9,11,13-48,52H2,1-2H3,(H,55,56)/b12-10-. The Kier molecular flexibility index (Phi) is 47.2. The van der Waals surface area contributed by atoms with Crippen LogP contribution >= 0.6 is 7.82 Å². The summed E-state index contributed by atoms with van der Waals surface area (Å²) in [6.45, 7) is 3.73. The zero-order valence-corrected chi connectivity index (χ0v) is 41.1. The number of nitrogens with two attached hydrogens (primary N) is 1. The molecule has 9 nitrogen and oxygen atoms in total. The van der Waals surface area contributed by atoms with Gasteiger partial charge in [-0.3, -0.25) is 18.6 Å². The summed E-state index contributed by atoms with van der Waals surface area (Å²) in [5, 5.41) is 0. The molecular weight excluding hydrogens is 786 g/mol. The number of carbonyl (C=O) groups excluding carboxylic acids is 2. The van der Waals surface area contributed by atoms with Gasteiger partial charge in [0.2, 0.25) is 0 Å². The molecule has 0 spiro atoms. The van der Waals surface area contributed by atoms with Gasteiger partial charge in [0, 0.05) is 19.4 Å². The molecule has 0 bridgehead atoms. The minimum absolute atomic E-state index is 0.0549. The van der Waals surface area contributed by atoms with Gasteiger partial charge >= 0.3 is 19.8 Å². The lowest BCUT2D eigenvalue weighted by atomic mass is 10.0. The molecule has 0 saturated heterocycles. The van der Waals surface area contributed by atoms with E-state index >= 15 is 0 Å². The van der Waals surface area contributed by atoms with Crippen molar-refractivity contribution < 1.29 is 37.6 Å². The molecule has 0 saturated carbocycles. The number of esters is 2. The van der Waals surface area contributed by atoms with E-state index in [4.69, 9.17) is 24.3 Å². The molecule has 61 heavy (non-hydrogen) atoms. The maximum Gasteiger partial charge on any atom is 0.472 e. The van der Waals surface area contributed by atoms with Gasteiger partial charge in [-0.2, -0.15) is 0 Å². The molecule has 0 aliphatic carbocycles. The summed E-state index contributed by atoms with van der Waals surface area (Å²) in [5.41, 5.74) is 5.35. The molecule has 0 amide bonds. The molecule has 0 aliphatic heterocycles. The third-order valence-electron chi connectivity index (χ3n) is 11.7. The maximum atomic E-state index is 12.6. The Morgan fingerprint density at radius 1 is 0.475 bits per heavy atom. The Bertz CT molecular complexity index is 1010. The molecule has 0 aromatic carbocycles. The smallest absolute Gasteiger partial charge is 0.462 e. The lowest BCUT2D eigenvalue weighted by Crippen LogP contribution is -2.29. The SMILES string of the molecule is CCCC/C=C\CCCCCCCC(=O)OC(COC(=O)CCCCCCCCCCCCCCCCCCCCCCCCCCCCCCC)COP(=O)(O)OCCN. The van der Waals surface area contributed by atoms with E-state index in [1.54, 1.807) is 0 Å².